The van der Waals surface area contributed by atoms with E-state index in [0.29, 0.717) is 4.80 Å². The molecular formula is C20H29N5OS2. The molecule has 1 fully saturated rings. The van der Waals surface area contributed by atoms with E-state index in [4.69, 9.17) is 5.41 Å². The average molecular weight is 420 g/mol. The molecular weight excluding hydrogens is 390 g/mol. The van der Waals surface area contributed by atoms with Crippen LogP contribution < -0.4 is 14.4 Å². The highest BCUT2D eigenvalue weighted by Gasteiger charge is 2.50. The molecule has 1 aromatic carbocycles. The van der Waals surface area contributed by atoms with Crippen molar-refractivity contribution in [1.82, 2.24) is 14.5 Å². The van der Waals surface area contributed by atoms with Crippen molar-refractivity contribution in [2.24, 2.45) is 12.5 Å². The van der Waals surface area contributed by atoms with Gasteiger partial charge in [0, 0.05) is 36.9 Å². The summed E-state index contributed by atoms with van der Waals surface area (Å²) in [4.78, 5) is 2.78. The van der Waals surface area contributed by atoms with Crippen molar-refractivity contribution in [3.05, 3.63) is 40.2 Å². The number of aryl methyl sites for hydroxylation is 1. The number of nitrogens with zero attached hydrogens (tertiary/aromatic N) is 3. The minimum absolute atomic E-state index is 0.0876. The Balaban J connectivity index is 1.58. The van der Waals surface area contributed by atoms with Gasteiger partial charge in [-0.05, 0) is 51.2 Å². The van der Waals surface area contributed by atoms with Crippen LogP contribution in [0.4, 0.5) is 5.13 Å². The molecule has 2 N–H and O–H groups in total. The molecule has 28 heavy (non-hydrogen) atoms. The number of fused-ring (bicyclic) bond motifs is 1. The summed E-state index contributed by atoms with van der Waals surface area (Å²) in [7, 11) is 1.82. The van der Waals surface area contributed by atoms with E-state index >= 15 is 0 Å². The van der Waals surface area contributed by atoms with Crippen LogP contribution in [0.25, 0.3) is 0 Å². The third-order valence-electron chi connectivity index (χ3n) is 6.05. The van der Waals surface area contributed by atoms with Gasteiger partial charge in [-0.2, -0.15) is 0 Å². The SMILES string of the molecule is Cn1nc(N2CCC3(CC2)Cc2ccccc2[C@H]3N[S@+]([O-])C(C)(C)C)sc1=N. The first-order valence-corrected chi connectivity index (χ1v) is 11.8. The highest BCUT2D eigenvalue weighted by atomic mass is 32.2. The molecule has 1 spiro atoms. The summed E-state index contributed by atoms with van der Waals surface area (Å²) in [6.45, 7) is 7.90. The van der Waals surface area contributed by atoms with Crippen LogP contribution in [-0.2, 0) is 24.8 Å². The number of nitrogens with one attached hydrogen (secondary N) is 2. The fraction of sp³-hybridized carbons (Fsp3) is 0.600. The molecule has 2 aliphatic rings. The molecule has 2 aromatic rings. The second-order valence-corrected chi connectivity index (χ2v) is 11.9. The summed E-state index contributed by atoms with van der Waals surface area (Å²) in [6.07, 6.45) is 3.08. The lowest BCUT2D eigenvalue weighted by atomic mass is 9.73. The van der Waals surface area contributed by atoms with Crippen molar-refractivity contribution in [2.75, 3.05) is 18.0 Å². The molecule has 1 saturated heterocycles. The van der Waals surface area contributed by atoms with E-state index in [9.17, 15) is 4.55 Å². The average Bonchev–Trinajstić information content (AvgIpc) is 3.13. The largest absolute Gasteiger partial charge is 0.598 e. The zero-order chi connectivity index (χ0) is 20.1. The summed E-state index contributed by atoms with van der Waals surface area (Å²) < 4.78 is 17.8. The van der Waals surface area contributed by atoms with Gasteiger partial charge in [-0.1, -0.05) is 35.6 Å². The molecule has 4 rings (SSSR count). The Kier molecular flexibility index (Phi) is 5.10. The summed E-state index contributed by atoms with van der Waals surface area (Å²) in [5.41, 5.74) is 2.78. The van der Waals surface area contributed by atoms with E-state index in [1.165, 1.54) is 22.5 Å². The number of rotatable bonds is 3. The maximum absolute atomic E-state index is 12.9. The lowest BCUT2D eigenvalue weighted by molar-refractivity contribution is 0.176. The first-order valence-electron chi connectivity index (χ1n) is 9.79. The van der Waals surface area contributed by atoms with Crippen LogP contribution in [0.1, 0.15) is 50.8 Å². The zero-order valence-corrected chi connectivity index (χ0v) is 18.6. The van der Waals surface area contributed by atoms with Gasteiger partial charge in [0.15, 0.2) is 0 Å². The van der Waals surface area contributed by atoms with Gasteiger partial charge in [0.05, 0.1) is 6.04 Å². The molecule has 8 heteroatoms. The lowest BCUT2D eigenvalue weighted by Gasteiger charge is -2.43. The minimum atomic E-state index is -1.11. The number of anilines is 1. The van der Waals surface area contributed by atoms with E-state index in [2.05, 4.69) is 39.0 Å². The van der Waals surface area contributed by atoms with Crippen LogP contribution in [-0.4, -0.2) is 32.2 Å². The fourth-order valence-electron chi connectivity index (χ4n) is 4.34. The molecule has 6 nitrogen and oxygen atoms in total. The molecule has 0 saturated carbocycles. The lowest BCUT2D eigenvalue weighted by Crippen LogP contribution is -2.49. The third kappa shape index (κ3) is 3.51. The Morgan fingerprint density at radius 3 is 2.57 bits per heavy atom. The van der Waals surface area contributed by atoms with Gasteiger partial charge in [0.25, 0.3) is 0 Å². The number of aromatic nitrogens is 2. The Bertz CT molecular complexity index is 908. The van der Waals surface area contributed by atoms with E-state index in [1.54, 1.807) is 4.68 Å². The van der Waals surface area contributed by atoms with Gasteiger partial charge >= 0.3 is 0 Å². The monoisotopic (exact) mass is 419 g/mol. The van der Waals surface area contributed by atoms with Gasteiger partial charge in [-0.25, -0.2) is 4.68 Å². The Morgan fingerprint density at radius 1 is 1.29 bits per heavy atom. The van der Waals surface area contributed by atoms with Crippen LogP contribution in [0.2, 0.25) is 0 Å². The Morgan fingerprint density at radius 2 is 1.96 bits per heavy atom. The van der Waals surface area contributed by atoms with Crippen LogP contribution in [0, 0.1) is 10.8 Å². The standard InChI is InChI=1S/C20H29N5OS2/c1-19(2,3)28(26)23-16-15-8-6-5-7-14(15)13-20(16)9-11-25(12-10-20)18-22-24(4)17(21)27-18/h5-8,16,21,23H,9-13H2,1-4H3/t16-,28-/m1/s1. The molecule has 1 aromatic heterocycles. The van der Waals surface area contributed by atoms with Gasteiger partial charge in [-0.3, -0.25) is 5.41 Å². The highest BCUT2D eigenvalue weighted by Crippen LogP contribution is 2.52. The summed E-state index contributed by atoms with van der Waals surface area (Å²) in [5.74, 6) is 0. The quantitative estimate of drug-likeness (QED) is 0.750. The van der Waals surface area contributed by atoms with Crippen LogP contribution in [0.15, 0.2) is 24.3 Å². The summed E-state index contributed by atoms with van der Waals surface area (Å²) in [6, 6.07) is 8.73. The zero-order valence-electron chi connectivity index (χ0n) is 17.0. The molecule has 1 aliphatic carbocycles. The summed E-state index contributed by atoms with van der Waals surface area (Å²) in [5, 5.41) is 13.4. The summed E-state index contributed by atoms with van der Waals surface area (Å²) >= 11 is 0.326. The van der Waals surface area contributed by atoms with Gasteiger partial charge in [0.2, 0.25) is 9.93 Å². The molecule has 152 valence electrons. The van der Waals surface area contributed by atoms with E-state index in [0.717, 1.165) is 37.5 Å². The van der Waals surface area contributed by atoms with E-state index < -0.39 is 11.4 Å². The second kappa shape index (κ2) is 7.16. The fourth-order valence-corrected chi connectivity index (χ4v) is 6.11. The maximum atomic E-state index is 12.9. The van der Waals surface area contributed by atoms with Crippen molar-refractivity contribution >= 4 is 27.8 Å². The predicted octanol–water partition coefficient (Wildman–Crippen LogP) is 2.90. The molecule has 0 bridgehead atoms. The topological polar surface area (TPSA) is 80.0 Å². The molecule has 0 amide bonds. The smallest absolute Gasteiger partial charge is 0.207 e. The highest BCUT2D eigenvalue weighted by molar-refractivity contribution is 7.90. The first kappa shape index (κ1) is 19.9. The Hall–Kier alpha value is -1.35. The van der Waals surface area contributed by atoms with E-state index in [1.807, 2.05) is 27.8 Å². The normalized spacial score (nSPS) is 22.5. The second-order valence-electron chi connectivity index (χ2n) is 8.97. The predicted molar refractivity (Wildman–Crippen MR) is 115 cm³/mol. The van der Waals surface area contributed by atoms with Crippen molar-refractivity contribution < 1.29 is 4.55 Å². The number of piperidine rings is 1. The van der Waals surface area contributed by atoms with Crippen molar-refractivity contribution in [2.45, 2.75) is 50.8 Å². The first-order chi connectivity index (χ1) is 13.2. The van der Waals surface area contributed by atoms with Crippen molar-refractivity contribution in [3.63, 3.8) is 0 Å². The van der Waals surface area contributed by atoms with Gasteiger partial charge < -0.3 is 9.45 Å². The number of hydrogen-bond donors (Lipinski definition) is 2. The van der Waals surface area contributed by atoms with Crippen LogP contribution in [0.5, 0.6) is 0 Å². The minimum Gasteiger partial charge on any atom is -0.598 e. The number of benzene rings is 1. The third-order valence-corrected chi connectivity index (χ3v) is 8.59. The molecule has 0 unspecified atom stereocenters. The molecule has 0 radical (unpaired) electrons. The maximum Gasteiger partial charge on any atom is 0.207 e. The number of hydrogen-bond acceptors (Lipinski definition) is 6. The van der Waals surface area contributed by atoms with Crippen molar-refractivity contribution in [3.8, 4) is 0 Å². The Labute approximate surface area is 173 Å². The van der Waals surface area contributed by atoms with Crippen LogP contribution >= 0.6 is 11.3 Å². The van der Waals surface area contributed by atoms with E-state index in [-0.39, 0.29) is 16.2 Å². The molecule has 2 atom stereocenters. The molecule has 2 heterocycles. The molecule has 1 aliphatic heterocycles. The van der Waals surface area contributed by atoms with Crippen LogP contribution in [0.3, 0.4) is 0 Å². The van der Waals surface area contributed by atoms with Crippen molar-refractivity contribution in [1.29, 1.82) is 5.41 Å². The van der Waals surface area contributed by atoms with Gasteiger partial charge in [0.1, 0.15) is 4.75 Å². The van der Waals surface area contributed by atoms with Gasteiger partial charge in [-0.15, -0.1) is 9.82 Å².